The molecule has 33 heavy (non-hydrogen) atoms. The third kappa shape index (κ3) is 7.94. The standard InChI is InChI=1S/C17H19ClN6O2.C5H13OP/c1-9(2)14-8-21-17(26-14)24-16-20-7-11(18)15(23-16)22-12-5-4-10(19)6-13(12)25-3;1-4-7(3,6)5-2/h4-9H,19H2,1-3H3,(H2,20,21,22,23,24);4-5H2,1-3H3. The Hall–Kier alpha value is -2.77. The van der Waals surface area contributed by atoms with Gasteiger partial charge >= 0.3 is 6.01 Å². The van der Waals surface area contributed by atoms with Crippen LogP contribution in [0.15, 0.2) is 35.0 Å². The molecule has 0 saturated carbocycles. The monoisotopic (exact) mass is 494 g/mol. The summed E-state index contributed by atoms with van der Waals surface area (Å²) in [6.07, 6.45) is 4.85. The van der Waals surface area contributed by atoms with Crippen molar-refractivity contribution in [3.63, 3.8) is 0 Å². The van der Waals surface area contributed by atoms with E-state index in [9.17, 15) is 4.57 Å². The first-order valence-corrected chi connectivity index (χ1v) is 13.5. The van der Waals surface area contributed by atoms with E-state index in [4.69, 9.17) is 26.5 Å². The van der Waals surface area contributed by atoms with Gasteiger partial charge in [-0.2, -0.15) is 4.98 Å². The van der Waals surface area contributed by atoms with Gasteiger partial charge in [-0.25, -0.2) is 9.97 Å². The number of nitrogens with zero attached hydrogens (tertiary/aromatic N) is 3. The van der Waals surface area contributed by atoms with Crippen LogP contribution in [0.25, 0.3) is 0 Å². The van der Waals surface area contributed by atoms with Gasteiger partial charge in [0.2, 0.25) is 5.95 Å². The zero-order chi connectivity index (χ0) is 24.6. The summed E-state index contributed by atoms with van der Waals surface area (Å²) >= 11 is 6.20. The van der Waals surface area contributed by atoms with Crippen molar-refractivity contribution in [2.75, 3.05) is 42.5 Å². The van der Waals surface area contributed by atoms with Gasteiger partial charge in [-0.05, 0) is 31.1 Å². The number of benzene rings is 1. The van der Waals surface area contributed by atoms with E-state index >= 15 is 0 Å². The molecular formula is C22H32ClN6O3P. The van der Waals surface area contributed by atoms with Gasteiger partial charge in [0.25, 0.3) is 0 Å². The highest BCUT2D eigenvalue weighted by Gasteiger charge is 2.12. The molecule has 0 atom stereocenters. The normalized spacial score (nSPS) is 11.0. The number of oxazole rings is 1. The second-order valence-corrected chi connectivity index (χ2v) is 12.0. The van der Waals surface area contributed by atoms with Crippen LogP contribution >= 0.6 is 18.7 Å². The lowest BCUT2D eigenvalue weighted by atomic mass is 10.2. The first kappa shape index (κ1) is 26.5. The van der Waals surface area contributed by atoms with Crippen molar-refractivity contribution in [1.29, 1.82) is 0 Å². The molecule has 1 aromatic carbocycles. The van der Waals surface area contributed by atoms with Crippen LogP contribution in [-0.2, 0) is 4.57 Å². The van der Waals surface area contributed by atoms with E-state index in [0.717, 1.165) is 18.1 Å². The Morgan fingerprint density at radius 2 is 1.88 bits per heavy atom. The first-order chi connectivity index (χ1) is 15.6. The topological polar surface area (TPSA) is 128 Å². The van der Waals surface area contributed by atoms with Crippen LogP contribution in [0.4, 0.5) is 29.2 Å². The molecule has 2 aromatic heterocycles. The van der Waals surface area contributed by atoms with Crippen molar-refractivity contribution >= 4 is 47.9 Å². The van der Waals surface area contributed by atoms with E-state index in [1.807, 2.05) is 34.4 Å². The number of nitrogen functional groups attached to an aromatic ring is 1. The summed E-state index contributed by atoms with van der Waals surface area (Å²) in [4.78, 5) is 12.7. The van der Waals surface area contributed by atoms with Gasteiger partial charge in [0.15, 0.2) is 5.82 Å². The number of ether oxygens (including phenoxy) is 1. The summed E-state index contributed by atoms with van der Waals surface area (Å²) in [5, 5.41) is 6.39. The second kappa shape index (κ2) is 11.9. The van der Waals surface area contributed by atoms with Crippen molar-refractivity contribution in [2.45, 2.75) is 33.6 Å². The molecule has 4 N–H and O–H groups in total. The van der Waals surface area contributed by atoms with E-state index < -0.39 is 7.14 Å². The maximum Gasteiger partial charge on any atom is 0.301 e. The summed E-state index contributed by atoms with van der Waals surface area (Å²) in [6, 6.07) is 5.55. The minimum atomic E-state index is -1.65. The maximum absolute atomic E-state index is 11.0. The maximum atomic E-state index is 11.0. The zero-order valence-corrected chi connectivity index (χ0v) is 21.5. The highest BCUT2D eigenvalue weighted by molar-refractivity contribution is 7.63. The number of aromatic nitrogens is 3. The molecule has 0 fully saturated rings. The van der Waals surface area contributed by atoms with Crippen molar-refractivity contribution in [1.82, 2.24) is 15.0 Å². The zero-order valence-electron chi connectivity index (χ0n) is 19.8. The number of nitrogens with one attached hydrogen (secondary N) is 2. The predicted octanol–water partition coefficient (Wildman–Crippen LogP) is 6.34. The summed E-state index contributed by atoms with van der Waals surface area (Å²) in [7, 11) is -0.0954. The Kier molecular flexibility index (Phi) is 9.56. The Morgan fingerprint density at radius 3 is 2.42 bits per heavy atom. The number of rotatable bonds is 8. The van der Waals surface area contributed by atoms with Crippen LogP contribution in [0.1, 0.15) is 39.4 Å². The Labute approximate surface area is 199 Å². The quantitative estimate of drug-likeness (QED) is 0.242. The third-order valence-corrected chi connectivity index (χ3v) is 7.82. The summed E-state index contributed by atoms with van der Waals surface area (Å²) in [5.74, 6) is 2.28. The first-order valence-electron chi connectivity index (χ1n) is 10.6. The van der Waals surface area contributed by atoms with Crippen LogP contribution in [0.3, 0.4) is 0 Å². The van der Waals surface area contributed by atoms with Crippen LogP contribution in [0.5, 0.6) is 5.75 Å². The van der Waals surface area contributed by atoms with Gasteiger partial charge in [0.1, 0.15) is 16.5 Å². The molecule has 0 spiro atoms. The van der Waals surface area contributed by atoms with Crippen LogP contribution in [-0.4, -0.2) is 41.1 Å². The molecule has 0 radical (unpaired) electrons. The number of methoxy groups -OCH3 is 1. The molecule has 0 amide bonds. The van der Waals surface area contributed by atoms with Crippen molar-refractivity contribution in [2.24, 2.45) is 0 Å². The molecule has 0 aliphatic heterocycles. The van der Waals surface area contributed by atoms with E-state index in [2.05, 4.69) is 25.6 Å². The molecule has 0 saturated heterocycles. The van der Waals surface area contributed by atoms with Crippen LogP contribution in [0, 0.1) is 0 Å². The molecule has 2 heterocycles. The summed E-state index contributed by atoms with van der Waals surface area (Å²) in [5.41, 5.74) is 7.04. The lowest BCUT2D eigenvalue weighted by Crippen LogP contribution is -2.03. The molecular weight excluding hydrogens is 463 g/mol. The highest BCUT2D eigenvalue weighted by Crippen LogP contribution is 2.39. The number of anilines is 5. The summed E-state index contributed by atoms with van der Waals surface area (Å²) in [6.45, 7) is 9.85. The number of hydrogen-bond donors (Lipinski definition) is 3. The molecule has 0 aliphatic carbocycles. The Bertz CT molecular complexity index is 1100. The lowest BCUT2D eigenvalue weighted by Gasteiger charge is -2.12. The van der Waals surface area contributed by atoms with Crippen molar-refractivity contribution in [3.8, 4) is 5.75 Å². The molecule has 11 heteroatoms. The van der Waals surface area contributed by atoms with E-state index in [-0.39, 0.29) is 5.92 Å². The minimum Gasteiger partial charge on any atom is -0.494 e. The van der Waals surface area contributed by atoms with Crippen molar-refractivity contribution in [3.05, 3.63) is 41.4 Å². The number of hydrogen-bond acceptors (Lipinski definition) is 9. The van der Waals surface area contributed by atoms with E-state index in [0.29, 0.717) is 39.9 Å². The Balaban J connectivity index is 0.000000479. The second-order valence-electron chi connectivity index (χ2n) is 7.75. The average Bonchev–Trinajstić information content (AvgIpc) is 3.26. The fourth-order valence-electron chi connectivity index (χ4n) is 2.38. The SMILES string of the molecule is CCP(C)(=O)CC.COc1cc(N)ccc1Nc1nc(Nc2ncc(C(C)C)o2)ncc1Cl. The molecule has 0 bridgehead atoms. The van der Waals surface area contributed by atoms with Gasteiger partial charge in [0, 0.05) is 17.7 Å². The number of halogens is 1. The predicted molar refractivity (Wildman–Crippen MR) is 136 cm³/mol. The molecule has 3 aromatic rings. The average molecular weight is 495 g/mol. The molecule has 0 aliphatic rings. The van der Waals surface area contributed by atoms with Gasteiger partial charge in [0.05, 0.1) is 32.3 Å². The largest absolute Gasteiger partial charge is 0.494 e. The molecule has 180 valence electrons. The molecule has 0 unspecified atom stereocenters. The molecule has 3 rings (SSSR count). The fourth-order valence-corrected chi connectivity index (χ4v) is 2.97. The van der Waals surface area contributed by atoms with Crippen LogP contribution in [0.2, 0.25) is 5.02 Å². The van der Waals surface area contributed by atoms with E-state index in [1.165, 1.54) is 6.20 Å². The number of nitrogens with two attached hydrogens (primary N) is 1. The smallest absolute Gasteiger partial charge is 0.301 e. The van der Waals surface area contributed by atoms with Gasteiger partial charge < -0.3 is 24.8 Å². The van der Waals surface area contributed by atoms with Gasteiger partial charge in [-0.3, -0.25) is 5.32 Å². The van der Waals surface area contributed by atoms with E-state index in [1.54, 1.807) is 31.5 Å². The van der Waals surface area contributed by atoms with Crippen LogP contribution < -0.4 is 21.1 Å². The fraction of sp³-hybridized carbons (Fsp3) is 0.409. The molecule has 9 nitrogen and oxygen atoms in total. The Morgan fingerprint density at radius 1 is 1.18 bits per heavy atom. The van der Waals surface area contributed by atoms with Gasteiger partial charge in [-0.1, -0.05) is 39.3 Å². The lowest BCUT2D eigenvalue weighted by molar-refractivity contribution is 0.417. The van der Waals surface area contributed by atoms with Crippen molar-refractivity contribution < 1.29 is 13.7 Å². The third-order valence-electron chi connectivity index (χ3n) is 4.87. The minimum absolute atomic E-state index is 0.236. The summed E-state index contributed by atoms with van der Waals surface area (Å²) < 4.78 is 21.9. The highest BCUT2D eigenvalue weighted by atomic mass is 35.5. The van der Waals surface area contributed by atoms with Gasteiger partial charge in [-0.15, -0.1) is 0 Å².